The second-order valence-electron chi connectivity index (χ2n) is 6.66. The van der Waals surface area contributed by atoms with E-state index in [1.54, 1.807) is 19.2 Å². The van der Waals surface area contributed by atoms with Crippen LogP contribution in [0.3, 0.4) is 0 Å². The molecule has 0 fully saturated rings. The van der Waals surface area contributed by atoms with Crippen LogP contribution < -0.4 is 15.6 Å². The third-order valence-electron chi connectivity index (χ3n) is 4.63. The van der Waals surface area contributed by atoms with Gasteiger partial charge in [0.25, 0.3) is 0 Å². The molecule has 0 aliphatic heterocycles. The van der Waals surface area contributed by atoms with E-state index >= 15 is 0 Å². The van der Waals surface area contributed by atoms with Gasteiger partial charge >= 0.3 is 0 Å². The first-order valence-electron chi connectivity index (χ1n) is 8.87. The standard InChI is InChI=1S/C21H24N2O4/c1-13(11-14-3-5-15(27-2)6-4-14)22-12-19(25)16-7-9-18(24)21-17(16)8-10-20(26)23-21/h3-10,13,19,22,24-25H,11-12H2,1-2H3,(H,23,26)/t13?,19-/m1/s1. The summed E-state index contributed by atoms with van der Waals surface area (Å²) in [6.45, 7) is 2.42. The molecule has 6 heteroatoms. The first-order valence-corrected chi connectivity index (χ1v) is 8.87. The Hall–Kier alpha value is -2.83. The van der Waals surface area contributed by atoms with Gasteiger partial charge in [0.1, 0.15) is 11.5 Å². The highest BCUT2D eigenvalue weighted by Gasteiger charge is 2.15. The number of phenols is 1. The smallest absolute Gasteiger partial charge is 0.248 e. The number of methoxy groups -OCH3 is 1. The number of aliphatic hydroxyl groups excluding tert-OH is 1. The number of hydrogen-bond donors (Lipinski definition) is 4. The summed E-state index contributed by atoms with van der Waals surface area (Å²) in [4.78, 5) is 14.1. The summed E-state index contributed by atoms with van der Waals surface area (Å²) < 4.78 is 5.16. The van der Waals surface area contributed by atoms with Crippen LogP contribution in [0, 0.1) is 0 Å². The lowest BCUT2D eigenvalue weighted by Crippen LogP contribution is -2.32. The Labute approximate surface area is 157 Å². The van der Waals surface area contributed by atoms with Crippen molar-refractivity contribution in [2.45, 2.75) is 25.5 Å². The number of aromatic hydroxyl groups is 1. The summed E-state index contributed by atoms with van der Waals surface area (Å²) >= 11 is 0. The molecule has 0 bridgehead atoms. The highest BCUT2D eigenvalue weighted by Crippen LogP contribution is 2.28. The normalized spacial score (nSPS) is 13.4. The number of aliphatic hydroxyl groups is 1. The molecule has 1 unspecified atom stereocenters. The van der Waals surface area contributed by atoms with Crippen molar-refractivity contribution in [1.82, 2.24) is 10.3 Å². The molecule has 0 saturated carbocycles. The molecule has 1 heterocycles. The quantitative estimate of drug-likeness (QED) is 0.514. The molecular weight excluding hydrogens is 344 g/mol. The molecule has 0 radical (unpaired) electrons. The van der Waals surface area contributed by atoms with Crippen molar-refractivity contribution in [3.05, 3.63) is 70.0 Å². The summed E-state index contributed by atoms with van der Waals surface area (Å²) in [5, 5.41) is 24.5. The van der Waals surface area contributed by atoms with E-state index in [1.807, 2.05) is 24.3 Å². The Morgan fingerprint density at radius 3 is 2.56 bits per heavy atom. The Bertz CT molecular complexity index is 966. The summed E-state index contributed by atoms with van der Waals surface area (Å²) in [6.07, 6.45) is 0.0534. The van der Waals surface area contributed by atoms with Crippen LogP contribution in [0.4, 0.5) is 0 Å². The fourth-order valence-corrected chi connectivity index (χ4v) is 3.16. The predicted octanol–water partition coefficient (Wildman–Crippen LogP) is 2.50. The molecule has 6 nitrogen and oxygen atoms in total. The van der Waals surface area contributed by atoms with Gasteiger partial charge < -0.3 is 25.3 Å². The number of benzene rings is 2. The monoisotopic (exact) mass is 368 g/mol. The average molecular weight is 368 g/mol. The van der Waals surface area contributed by atoms with Crippen LogP contribution in [-0.2, 0) is 6.42 Å². The molecule has 3 aromatic rings. The summed E-state index contributed by atoms with van der Waals surface area (Å²) in [5.74, 6) is 0.812. The highest BCUT2D eigenvalue weighted by molar-refractivity contribution is 5.87. The number of aromatic nitrogens is 1. The maximum absolute atomic E-state index is 11.5. The molecule has 0 aliphatic carbocycles. The van der Waals surface area contributed by atoms with E-state index in [4.69, 9.17) is 4.74 Å². The van der Waals surface area contributed by atoms with Crippen LogP contribution >= 0.6 is 0 Å². The third-order valence-corrected chi connectivity index (χ3v) is 4.63. The second-order valence-corrected chi connectivity index (χ2v) is 6.66. The fraction of sp³-hybridized carbons (Fsp3) is 0.286. The zero-order valence-electron chi connectivity index (χ0n) is 15.4. The predicted molar refractivity (Wildman–Crippen MR) is 105 cm³/mol. The van der Waals surface area contributed by atoms with Crippen molar-refractivity contribution in [1.29, 1.82) is 0 Å². The van der Waals surface area contributed by atoms with E-state index in [2.05, 4.69) is 17.2 Å². The molecule has 0 spiro atoms. The lowest BCUT2D eigenvalue weighted by molar-refractivity contribution is 0.172. The minimum Gasteiger partial charge on any atom is -0.506 e. The summed E-state index contributed by atoms with van der Waals surface area (Å²) in [7, 11) is 1.64. The molecule has 3 rings (SSSR count). The van der Waals surface area contributed by atoms with Crippen molar-refractivity contribution >= 4 is 10.9 Å². The van der Waals surface area contributed by atoms with Crippen LogP contribution in [0.2, 0.25) is 0 Å². The highest BCUT2D eigenvalue weighted by atomic mass is 16.5. The van der Waals surface area contributed by atoms with Crippen molar-refractivity contribution < 1.29 is 14.9 Å². The molecule has 2 atom stereocenters. The lowest BCUT2D eigenvalue weighted by atomic mass is 10.0. The molecule has 1 aromatic heterocycles. The van der Waals surface area contributed by atoms with Crippen LogP contribution in [0.1, 0.15) is 24.2 Å². The van der Waals surface area contributed by atoms with Gasteiger partial charge in [0.2, 0.25) is 5.56 Å². The van der Waals surface area contributed by atoms with Crippen LogP contribution in [0.5, 0.6) is 11.5 Å². The fourth-order valence-electron chi connectivity index (χ4n) is 3.16. The number of pyridine rings is 1. The molecule has 4 N–H and O–H groups in total. The van der Waals surface area contributed by atoms with Crippen LogP contribution in [0.25, 0.3) is 10.9 Å². The van der Waals surface area contributed by atoms with Crippen molar-refractivity contribution in [3.8, 4) is 11.5 Å². The molecule has 0 amide bonds. The SMILES string of the molecule is COc1ccc(CC(C)NC[C@@H](O)c2ccc(O)c3[nH]c(=O)ccc23)cc1. The van der Waals surface area contributed by atoms with E-state index in [-0.39, 0.29) is 17.4 Å². The first kappa shape index (κ1) is 18.9. The van der Waals surface area contributed by atoms with Crippen LogP contribution in [-0.4, -0.2) is 34.9 Å². The number of aromatic amines is 1. The van der Waals surface area contributed by atoms with E-state index < -0.39 is 6.10 Å². The topological polar surface area (TPSA) is 94.6 Å². The number of phenolic OH excluding ortho intramolecular Hbond substituents is 1. The minimum atomic E-state index is -0.766. The minimum absolute atomic E-state index is 0.0144. The number of rotatable bonds is 7. The maximum Gasteiger partial charge on any atom is 0.248 e. The molecular formula is C21H24N2O4. The van der Waals surface area contributed by atoms with Crippen molar-refractivity contribution in [2.75, 3.05) is 13.7 Å². The molecule has 0 aliphatic rings. The molecule has 27 heavy (non-hydrogen) atoms. The first-order chi connectivity index (χ1) is 13.0. The lowest BCUT2D eigenvalue weighted by Gasteiger charge is -2.19. The van der Waals surface area contributed by atoms with Gasteiger partial charge in [0.15, 0.2) is 0 Å². The van der Waals surface area contributed by atoms with Gasteiger partial charge in [-0.25, -0.2) is 0 Å². The Kier molecular flexibility index (Phi) is 5.78. The van der Waals surface area contributed by atoms with Gasteiger partial charge in [-0.1, -0.05) is 18.2 Å². The Balaban J connectivity index is 1.66. The van der Waals surface area contributed by atoms with Gasteiger partial charge in [-0.05, 0) is 48.7 Å². The van der Waals surface area contributed by atoms with Gasteiger partial charge in [-0.3, -0.25) is 4.79 Å². The van der Waals surface area contributed by atoms with E-state index in [0.29, 0.717) is 23.0 Å². The zero-order valence-corrected chi connectivity index (χ0v) is 15.4. The number of nitrogens with one attached hydrogen (secondary N) is 2. The Morgan fingerprint density at radius 2 is 1.85 bits per heavy atom. The van der Waals surface area contributed by atoms with Gasteiger partial charge in [0, 0.05) is 24.0 Å². The molecule has 0 saturated heterocycles. The largest absolute Gasteiger partial charge is 0.506 e. The third kappa shape index (κ3) is 4.48. The van der Waals surface area contributed by atoms with Gasteiger partial charge in [0.05, 0.1) is 18.7 Å². The number of hydrogen-bond acceptors (Lipinski definition) is 5. The second kappa shape index (κ2) is 8.24. The zero-order chi connectivity index (χ0) is 19.4. The maximum atomic E-state index is 11.5. The number of H-pyrrole nitrogens is 1. The van der Waals surface area contributed by atoms with E-state index in [0.717, 1.165) is 12.2 Å². The van der Waals surface area contributed by atoms with Crippen molar-refractivity contribution in [2.24, 2.45) is 0 Å². The van der Waals surface area contributed by atoms with Crippen molar-refractivity contribution in [3.63, 3.8) is 0 Å². The van der Waals surface area contributed by atoms with Crippen LogP contribution in [0.15, 0.2) is 53.3 Å². The van der Waals surface area contributed by atoms with Gasteiger partial charge in [-0.2, -0.15) is 0 Å². The van der Waals surface area contributed by atoms with E-state index in [1.165, 1.54) is 17.7 Å². The van der Waals surface area contributed by atoms with Gasteiger partial charge in [-0.15, -0.1) is 0 Å². The Morgan fingerprint density at radius 1 is 1.11 bits per heavy atom. The number of fused-ring (bicyclic) bond motifs is 1. The average Bonchev–Trinajstić information content (AvgIpc) is 2.67. The number of ether oxygens (including phenoxy) is 1. The summed E-state index contributed by atoms with van der Waals surface area (Å²) in [5.41, 5.74) is 1.88. The summed E-state index contributed by atoms with van der Waals surface area (Å²) in [6, 6.07) is 14.2. The molecule has 2 aromatic carbocycles. The van der Waals surface area contributed by atoms with E-state index in [9.17, 15) is 15.0 Å². The molecule has 142 valence electrons.